The third-order valence-electron chi connectivity index (χ3n) is 3.15. The van der Waals surface area contributed by atoms with Crippen LogP contribution >= 0.6 is 0 Å². The highest BCUT2D eigenvalue weighted by Gasteiger charge is 2.28. The number of carbonyl (C=O) groups is 1. The fourth-order valence-electron chi connectivity index (χ4n) is 1.96. The Balaban J connectivity index is 2.86. The Bertz CT molecular complexity index is 658. The van der Waals surface area contributed by atoms with E-state index in [-0.39, 0.29) is 11.4 Å². The minimum atomic E-state index is -3.82. The van der Waals surface area contributed by atoms with Crippen LogP contribution in [0.1, 0.15) is 32.2 Å². The lowest BCUT2D eigenvalue weighted by molar-refractivity contribution is -0.122. The first-order valence-electron chi connectivity index (χ1n) is 6.94. The summed E-state index contributed by atoms with van der Waals surface area (Å²) in [4.78, 5) is 12.1. The summed E-state index contributed by atoms with van der Waals surface area (Å²) in [5.74, 6) is -0.429. The second-order valence-electron chi connectivity index (χ2n) is 6.17. The number of carbonyl (C=O) groups excluding carboxylic acids is 1. The molecule has 0 aliphatic carbocycles. The van der Waals surface area contributed by atoms with Gasteiger partial charge in [-0.3, -0.25) is 9.48 Å². The van der Waals surface area contributed by atoms with E-state index in [0.717, 1.165) is 0 Å². The highest BCUT2D eigenvalue weighted by atomic mass is 32.2. The molecular formula is C13H25N5O3S. The van der Waals surface area contributed by atoms with Crippen LogP contribution < -0.4 is 15.8 Å². The zero-order valence-corrected chi connectivity index (χ0v) is 14.7. The summed E-state index contributed by atoms with van der Waals surface area (Å²) in [7, 11) is -2.16. The number of aryl methyl sites for hydroxylation is 2. The van der Waals surface area contributed by atoms with Crippen molar-refractivity contribution in [1.82, 2.24) is 19.8 Å². The largest absolute Gasteiger partial charge is 0.353 e. The van der Waals surface area contributed by atoms with Crippen LogP contribution in [0.25, 0.3) is 0 Å². The number of nitrogens with two attached hydrogens (primary N) is 1. The van der Waals surface area contributed by atoms with Crippen molar-refractivity contribution in [2.45, 2.75) is 51.1 Å². The molecule has 0 fully saturated rings. The normalized spacial score (nSPS) is 14.0. The van der Waals surface area contributed by atoms with Crippen LogP contribution in [0.2, 0.25) is 0 Å². The molecule has 0 saturated heterocycles. The molecule has 0 aliphatic heterocycles. The van der Waals surface area contributed by atoms with Crippen molar-refractivity contribution < 1.29 is 13.2 Å². The fourth-order valence-corrected chi connectivity index (χ4v) is 3.60. The first-order chi connectivity index (χ1) is 9.85. The number of sulfonamides is 1. The van der Waals surface area contributed by atoms with Gasteiger partial charge in [0.05, 0.1) is 17.4 Å². The van der Waals surface area contributed by atoms with Crippen LogP contribution in [0.15, 0.2) is 4.90 Å². The van der Waals surface area contributed by atoms with Gasteiger partial charge >= 0.3 is 0 Å². The zero-order chi connectivity index (χ0) is 17.3. The number of hydrogen-bond donors (Lipinski definition) is 3. The lowest BCUT2D eigenvalue weighted by Crippen LogP contribution is -2.51. The molecule has 1 heterocycles. The zero-order valence-electron chi connectivity index (χ0n) is 13.9. The summed E-state index contributed by atoms with van der Waals surface area (Å²) < 4.78 is 28.7. The average Bonchev–Trinajstić information content (AvgIpc) is 2.59. The molecule has 9 heteroatoms. The van der Waals surface area contributed by atoms with Crippen molar-refractivity contribution in [3.63, 3.8) is 0 Å². The standard InChI is InChI=1S/C13H25N5O3S/c1-8-11(10(3)18(6)16-8)22(20,21)17-9(2)12(19)15-7-13(4,5)14/h9,17H,7,14H2,1-6H3,(H,15,19). The van der Waals surface area contributed by atoms with Gasteiger partial charge in [-0.15, -0.1) is 0 Å². The lowest BCUT2D eigenvalue weighted by Gasteiger charge is -2.21. The minimum absolute atomic E-state index is 0.105. The predicted octanol–water partition coefficient (Wildman–Crippen LogP) is -0.443. The SMILES string of the molecule is Cc1nn(C)c(C)c1S(=O)(=O)NC(C)C(=O)NCC(C)(C)N. The summed E-state index contributed by atoms with van der Waals surface area (Å²) in [5, 5.41) is 6.70. The average molecular weight is 331 g/mol. The highest BCUT2D eigenvalue weighted by molar-refractivity contribution is 7.89. The molecule has 126 valence electrons. The van der Waals surface area contributed by atoms with E-state index in [2.05, 4.69) is 15.1 Å². The van der Waals surface area contributed by atoms with Crippen molar-refractivity contribution in [3.05, 3.63) is 11.4 Å². The summed E-state index contributed by atoms with van der Waals surface area (Å²) in [6.07, 6.45) is 0. The van der Waals surface area contributed by atoms with Gasteiger partial charge in [-0.2, -0.15) is 9.82 Å². The monoisotopic (exact) mass is 331 g/mol. The van der Waals surface area contributed by atoms with E-state index in [9.17, 15) is 13.2 Å². The van der Waals surface area contributed by atoms with Gasteiger partial charge in [0.25, 0.3) is 0 Å². The van der Waals surface area contributed by atoms with Crippen LogP contribution in [0.4, 0.5) is 0 Å². The quantitative estimate of drug-likeness (QED) is 0.653. The van der Waals surface area contributed by atoms with E-state index in [1.54, 1.807) is 34.7 Å². The molecule has 1 rings (SSSR count). The fraction of sp³-hybridized carbons (Fsp3) is 0.692. The van der Waals surface area contributed by atoms with Crippen molar-refractivity contribution >= 4 is 15.9 Å². The van der Waals surface area contributed by atoms with E-state index in [1.807, 2.05) is 0 Å². The molecule has 0 radical (unpaired) electrons. The Morgan fingerprint density at radius 2 is 1.95 bits per heavy atom. The Hall–Kier alpha value is -1.45. The summed E-state index contributed by atoms with van der Waals surface area (Å²) in [5.41, 5.74) is 6.12. The first kappa shape index (κ1) is 18.6. The molecule has 0 spiro atoms. The molecule has 0 aliphatic rings. The van der Waals surface area contributed by atoms with Gasteiger partial charge in [-0.05, 0) is 34.6 Å². The Morgan fingerprint density at radius 3 is 2.36 bits per heavy atom. The topological polar surface area (TPSA) is 119 Å². The Labute approximate surface area is 131 Å². The molecule has 1 aromatic heterocycles. The van der Waals surface area contributed by atoms with Crippen molar-refractivity contribution in [2.24, 2.45) is 12.8 Å². The molecule has 1 unspecified atom stereocenters. The number of nitrogens with zero attached hydrogens (tertiary/aromatic N) is 2. The van der Waals surface area contributed by atoms with Crippen LogP contribution in [0.5, 0.6) is 0 Å². The van der Waals surface area contributed by atoms with Crippen LogP contribution in [0.3, 0.4) is 0 Å². The molecule has 0 bridgehead atoms. The summed E-state index contributed by atoms with van der Waals surface area (Å²) >= 11 is 0. The molecule has 0 aromatic carbocycles. The van der Waals surface area contributed by atoms with Crippen molar-refractivity contribution in [1.29, 1.82) is 0 Å². The van der Waals surface area contributed by atoms with Gasteiger partial charge in [-0.1, -0.05) is 0 Å². The molecule has 8 nitrogen and oxygen atoms in total. The van der Waals surface area contributed by atoms with Gasteiger partial charge in [0.1, 0.15) is 4.90 Å². The van der Waals surface area contributed by atoms with E-state index < -0.39 is 27.5 Å². The van der Waals surface area contributed by atoms with E-state index in [0.29, 0.717) is 11.4 Å². The Kier molecular flexibility index (Phi) is 5.37. The van der Waals surface area contributed by atoms with Crippen LogP contribution in [0, 0.1) is 13.8 Å². The number of aromatic nitrogens is 2. The minimum Gasteiger partial charge on any atom is -0.353 e. The van der Waals surface area contributed by atoms with Crippen molar-refractivity contribution in [2.75, 3.05) is 6.54 Å². The highest BCUT2D eigenvalue weighted by Crippen LogP contribution is 2.18. The second kappa shape index (κ2) is 6.35. The summed E-state index contributed by atoms with van der Waals surface area (Å²) in [6, 6.07) is -0.911. The molecule has 4 N–H and O–H groups in total. The maximum absolute atomic E-state index is 12.4. The Morgan fingerprint density at radius 1 is 1.41 bits per heavy atom. The third-order valence-corrected chi connectivity index (χ3v) is 4.95. The number of nitrogens with one attached hydrogen (secondary N) is 2. The molecule has 1 atom stereocenters. The summed E-state index contributed by atoms with van der Waals surface area (Å²) in [6.45, 7) is 8.55. The predicted molar refractivity (Wildman–Crippen MR) is 83.7 cm³/mol. The molecular weight excluding hydrogens is 306 g/mol. The van der Waals surface area contributed by atoms with E-state index >= 15 is 0 Å². The molecule has 22 heavy (non-hydrogen) atoms. The number of rotatable bonds is 6. The van der Waals surface area contributed by atoms with Gasteiger partial charge in [0, 0.05) is 19.1 Å². The van der Waals surface area contributed by atoms with Gasteiger partial charge in [0.15, 0.2) is 0 Å². The molecule has 0 saturated carbocycles. The van der Waals surface area contributed by atoms with Gasteiger partial charge < -0.3 is 11.1 Å². The van der Waals surface area contributed by atoms with Gasteiger partial charge in [0.2, 0.25) is 15.9 Å². The number of amides is 1. The van der Waals surface area contributed by atoms with E-state index in [4.69, 9.17) is 5.73 Å². The second-order valence-corrected chi connectivity index (χ2v) is 7.82. The maximum Gasteiger partial charge on any atom is 0.244 e. The maximum atomic E-state index is 12.4. The lowest BCUT2D eigenvalue weighted by atomic mass is 10.1. The third kappa shape index (κ3) is 4.52. The first-order valence-corrected chi connectivity index (χ1v) is 8.42. The molecule has 1 aromatic rings. The molecule has 1 amide bonds. The van der Waals surface area contributed by atoms with Crippen LogP contribution in [-0.2, 0) is 21.9 Å². The van der Waals surface area contributed by atoms with Crippen molar-refractivity contribution in [3.8, 4) is 0 Å². The smallest absolute Gasteiger partial charge is 0.244 e. The van der Waals surface area contributed by atoms with E-state index in [1.165, 1.54) is 11.6 Å². The van der Waals surface area contributed by atoms with Gasteiger partial charge in [-0.25, -0.2) is 8.42 Å². The number of hydrogen-bond acceptors (Lipinski definition) is 5. The van der Waals surface area contributed by atoms with Crippen LogP contribution in [-0.4, -0.2) is 42.2 Å².